The van der Waals surface area contributed by atoms with Crippen molar-refractivity contribution in [1.82, 2.24) is 9.78 Å². The molecule has 0 aliphatic carbocycles. The van der Waals surface area contributed by atoms with Crippen molar-refractivity contribution in [2.45, 2.75) is 6.54 Å². The van der Waals surface area contributed by atoms with Gasteiger partial charge in [0.15, 0.2) is 0 Å². The smallest absolute Gasteiger partial charge is 0.0930 e. The molecule has 0 spiro atoms. The zero-order chi connectivity index (χ0) is 21.4. The van der Waals surface area contributed by atoms with Crippen molar-refractivity contribution in [3.05, 3.63) is 96.4 Å². The molecule has 0 aliphatic rings. The van der Waals surface area contributed by atoms with Crippen LogP contribution < -0.4 is 0 Å². The minimum Gasteiger partial charge on any atom is -0.260 e. The molecule has 0 saturated carbocycles. The largest absolute Gasteiger partial charge is 0.260 e. The summed E-state index contributed by atoms with van der Waals surface area (Å²) in [6.07, 6.45) is 0. The van der Waals surface area contributed by atoms with E-state index in [9.17, 15) is 0 Å². The number of benzene rings is 3. The molecule has 152 valence electrons. The SMILES string of the molecule is Clc1ccc(Cn2nc(-c3ccc(Cl)c(Cl)c3)cc2-c2ccc(Cl)c(Cl)c2)c(Cl)c1. The maximum Gasteiger partial charge on any atom is 0.0930 e. The van der Waals surface area contributed by atoms with Crippen molar-refractivity contribution in [1.29, 1.82) is 0 Å². The van der Waals surface area contributed by atoms with Crippen LogP contribution in [0.3, 0.4) is 0 Å². The lowest BCUT2D eigenvalue weighted by Gasteiger charge is -2.10. The van der Waals surface area contributed by atoms with Crippen LogP contribution in [0.25, 0.3) is 22.5 Å². The summed E-state index contributed by atoms with van der Waals surface area (Å²) in [6, 6.07) is 18.2. The minimum absolute atomic E-state index is 0.437. The molecule has 0 unspecified atom stereocenters. The minimum atomic E-state index is 0.437. The van der Waals surface area contributed by atoms with Crippen LogP contribution in [0.15, 0.2) is 60.7 Å². The molecular weight excluding hydrogens is 505 g/mol. The van der Waals surface area contributed by atoms with Gasteiger partial charge in [0.1, 0.15) is 0 Å². The van der Waals surface area contributed by atoms with Crippen LogP contribution in [0.5, 0.6) is 0 Å². The molecule has 0 atom stereocenters. The zero-order valence-corrected chi connectivity index (χ0v) is 19.7. The van der Waals surface area contributed by atoms with Crippen LogP contribution in [-0.4, -0.2) is 9.78 Å². The van der Waals surface area contributed by atoms with Crippen LogP contribution in [0.4, 0.5) is 0 Å². The molecule has 2 nitrogen and oxygen atoms in total. The highest BCUT2D eigenvalue weighted by molar-refractivity contribution is 6.42. The molecule has 4 aromatic rings. The fourth-order valence-electron chi connectivity index (χ4n) is 3.03. The van der Waals surface area contributed by atoms with E-state index in [1.807, 2.05) is 28.9 Å². The number of hydrogen-bond donors (Lipinski definition) is 0. The van der Waals surface area contributed by atoms with Crippen LogP contribution >= 0.6 is 69.6 Å². The molecule has 30 heavy (non-hydrogen) atoms. The van der Waals surface area contributed by atoms with E-state index in [2.05, 4.69) is 0 Å². The lowest BCUT2D eigenvalue weighted by Crippen LogP contribution is -2.04. The lowest BCUT2D eigenvalue weighted by molar-refractivity contribution is 0.697. The molecule has 1 heterocycles. The monoisotopic (exact) mass is 514 g/mol. The van der Waals surface area contributed by atoms with Gasteiger partial charge < -0.3 is 0 Å². The Hall–Kier alpha value is -1.39. The van der Waals surface area contributed by atoms with Gasteiger partial charge in [-0.25, -0.2) is 0 Å². The summed E-state index contributed by atoms with van der Waals surface area (Å²) >= 11 is 37.0. The molecule has 0 radical (unpaired) electrons. The van der Waals surface area contributed by atoms with Crippen molar-refractivity contribution in [2.75, 3.05) is 0 Å². The Morgan fingerprint density at radius 1 is 0.600 bits per heavy atom. The molecular formula is C22H12Cl6N2. The van der Waals surface area contributed by atoms with Crippen LogP contribution in [-0.2, 0) is 6.54 Å². The molecule has 8 heteroatoms. The Kier molecular flexibility index (Phi) is 6.55. The third-order valence-electron chi connectivity index (χ3n) is 4.55. The summed E-state index contributed by atoms with van der Waals surface area (Å²) in [5.41, 5.74) is 4.17. The number of rotatable bonds is 4. The van der Waals surface area contributed by atoms with E-state index in [1.165, 1.54) is 0 Å². The van der Waals surface area contributed by atoms with E-state index in [0.29, 0.717) is 36.7 Å². The fraction of sp³-hybridized carbons (Fsp3) is 0.0455. The molecule has 0 amide bonds. The van der Waals surface area contributed by atoms with Crippen molar-refractivity contribution < 1.29 is 0 Å². The molecule has 0 saturated heterocycles. The maximum absolute atomic E-state index is 6.39. The highest BCUT2D eigenvalue weighted by Crippen LogP contribution is 2.34. The zero-order valence-electron chi connectivity index (χ0n) is 15.1. The van der Waals surface area contributed by atoms with Gasteiger partial charge in [0.05, 0.1) is 38.0 Å². The summed E-state index contributed by atoms with van der Waals surface area (Å²) in [6.45, 7) is 0.437. The first-order valence-corrected chi connectivity index (χ1v) is 11.0. The predicted octanol–water partition coefficient (Wildman–Crippen LogP) is 9.19. The van der Waals surface area contributed by atoms with Crippen LogP contribution in [0, 0.1) is 0 Å². The standard InChI is InChI=1S/C22H12Cl6N2/c23-15-4-1-14(18(26)9-15)11-30-22(13-3-6-17(25)20(28)8-13)10-21(29-30)12-2-5-16(24)19(27)7-12/h1-10H,11H2. The van der Waals surface area contributed by atoms with E-state index in [4.69, 9.17) is 74.7 Å². The Balaban J connectivity index is 1.84. The van der Waals surface area contributed by atoms with Gasteiger partial charge >= 0.3 is 0 Å². The number of aromatic nitrogens is 2. The van der Waals surface area contributed by atoms with Crippen molar-refractivity contribution in [3.8, 4) is 22.5 Å². The second kappa shape index (κ2) is 9.00. The summed E-state index contributed by atoms with van der Waals surface area (Å²) in [5, 5.41) is 7.81. The molecule has 0 fully saturated rings. The second-order valence-corrected chi connectivity index (χ2v) is 9.04. The van der Waals surface area contributed by atoms with E-state index in [0.717, 1.165) is 28.1 Å². The first-order chi connectivity index (χ1) is 14.3. The van der Waals surface area contributed by atoms with Gasteiger partial charge in [-0.3, -0.25) is 4.68 Å². The van der Waals surface area contributed by atoms with Crippen molar-refractivity contribution in [2.24, 2.45) is 0 Å². The summed E-state index contributed by atoms with van der Waals surface area (Å²) in [7, 11) is 0. The molecule has 0 aliphatic heterocycles. The van der Waals surface area contributed by atoms with E-state index < -0.39 is 0 Å². The van der Waals surface area contributed by atoms with Crippen LogP contribution in [0.2, 0.25) is 30.1 Å². The highest BCUT2D eigenvalue weighted by atomic mass is 35.5. The first kappa shape index (κ1) is 21.8. The topological polar surface area (TPSA) is 17.8 Å². The van der Waals surface area contributed by atoms with E-state index in [1.54, 1.807) is 36.4 Å². The van der Waals surface area contributed by atoms with Gasteiger partial charge in [0.2, 0.25) is 0 Å². The van der Waals surface area contributed by atoms with Gasteiger partial charge in [0, 0.05) is 21.2 Å². The van der Waals surface area contributed by atoms with Crippen LogP contribution in [0.1, 0.15) is 5.56 Å². The third-order valence-corrected chi connectivity index (χ3v) is 6.61. The van der Waals surface area contributed by atoms with Gasteiger partial charge in [-0.2, -0.15) is 5.10 Å². The molecule has 4 rings (SSSR count). The summed E-state index contributed by atoms with van der Waals surface area (Å²) < 4.78 is 1.85. The van der Waals surface area contributed by atoms with Gasteiger partial charge in [-0.1, -0.05) is 87.8 Å². The number of halogens is 6. The van der Waals surface area contributed by atoms with E-state index in [-0.39, 0.29) is 0 Å². The van der Waals surface area contributed by atoms with Gasteiger partial charge in [-0.15, -0.1) is 0 Å². The predicted molar refractivity (Wildman–Crippen MR) is 129 cm³/mol. The quantitative estimate of drug-likeness (QED) is 0.264. The Bertz CT molecular complexity index is 1250. The first-order valence-electron chi connectivity index (χ1n) is 8.74. The average molecular weight is 517 g/mol. The van der Waals surface area contributed by atoms with Gasteiger partial charge in [-0.05, 0) is 48.0 Å². The second-order valence-electron chi connectivity index (χ2n) is 6.57. The fourth-order valence-corrected chi connectivity index (χ4v) is 4.10. The van der Waals surface area contributed by atoms with Crippen molar-refractivity contribution >= 4 is 69.6 Å². The Morgan fingerprint density at radius 2 is 1.23 bits per heavy atom. The van der Waals surface area contributed by atoms with E-state index >= 15 is 0 Å². The van der Waals surface area contributed by atoms with Crippen molar-refractivity contribution in [3.63, 3.8) is 0 Å². The summed E-state index contributed by atoms with van der Waals surface area (Å²) in [5.74, 6) is 0. The lowest BCUT2D eigenvalue weighted by atomic mass is 10.1. The normalized spacial score (nSPS) is 11.1. The third kappa shape index (κ3) is 4.60. The number of hydrogen-bond acceptors (Lipinski definition) is 1. The highest BCUT2D eigenvalue weighted by Gasteiger charge is 2.15. The summed E-state index contributed by atoms with van der Waals surface area (Å²) in [4.78, 5) is 0. The molecule has 3 aromatic carbocycles. The average Bonchev–Trinajstić information content (AvgIpc) is 3.12. The Morgan fingerprint density at radius 3 is 1.87 bits per heavy atom. The maximum atomic E-state index is 6.39. The molecule has 1 aromatic heterocycles. The Labute approximate surface area is 203 Å². The van der Waals surface area contributed by atoms with Gasteiger partial charge in [0.25, 0.3) is 0 Å². The molecule has 0 bridgehead atoms. The molecule has 0 N–H and O–H groups in total. The number of nitrogens with zero attached hydrogens (tertiary/aromatic N) is 2.